The Kier molecular flexibility index (Phi) is 4.74. The molecule has 0 saturated carbocycles. The van der Waals surface area contributed by atoms with E-state index in [9.17, 15) is 9.59 Å². The number of carbonyl (C=O) groups excluding carboxylic acids is 1. The van der Waals surface area contributed by atoms with Crippen molar-refractivity contribution in [3.8, 4) is 5.75 Å². The van der Waals surface area contributed by atoms with E-state index in [1.165, 1.54) is 6.07 Å². The smallest absolute Gasteiger partial charge is 0.339 e. The first-order valence-electron chi connectivity index (χ1n) is 6.78. The molecule has 1 aromatic carbocycles. The molecule has 20 heavy (non-hydrogen) atoms. The van der Waals surface area contributed by atoms with Crippen molar-refractivity contribution in [3.05, 3.63) is 29.8 Å². The van der Waals surface area contributed by atoms with Gasteiger partial charge in [0.25, 0.3) is 0 Å². The van der Waals surface area contributed by atoms with Crippen molar-refractivity contribution in [2.45, 2.75) is 13.3 Å². The minimum absolute atomic E-state index is 0.0788. The third-order valence-corrected chi connectivity index (χ3v) is 3.54. The number of piperidine rings is 1. The minimum Gasteiger partial charge on any atom is -0.491 e. The van der Waals surface area contributed by atoms with Crippen LogP contribution in [0.5, 0.6) is 5.75 Å². The molecule has 5 nitrogen and oxygen atoms in total. The highest BCUT2D eigenvalue weighted by Crippen LogP contribution is 2.18. The summed E-state index contributed by atoms with van der Waals surface area (Å²) < 4.78 is 5.56. The van der Waals surface area contributed by atoms with Gasteiger partial charge in [0, 0.05) is 32.0 Å². The van der Waals surface area contributed by atoms with E-state index >= 15 is 0 Å². The number of Topliss-reactive ketones (excluding diaryl/α,β-unsaturated/α-hetero) is 1. The molecular formula is C15H19NO4. The fraction of sp³-hybridized carbons (Fsp3) is 0.467. The van der Waals surface area contributed by atoms with Gasteiger partial charge in [0.15, 0.2) is 0 Å². The molecule has 1 atom stereocenters. The Morgan fingerprint density at radius 3 is 2.90 bits per heavy atom. The molecule has 0 amide bonds. The Hall–Kier alpha value is -1.88. The zero-order valence-corrected chi connectivity index (χ0v) is 11.5. The highest BCUT2D eigenvalue weighted by atomic mass is 16.5. The summed E-state index contributed by atoms with van der Waals surface area (Å²) in [5, 5.41) is 9.05. The first-order valence-corrected chi connectivity index (χ1v) is 6.78. The van der Waals surface area contributed by atoms with Gasteiger partial charge in [0.2, 0.25) is 0 Å². The summed E-state index contributed by atoms with van der Waals surface area (Å²) in [5.41, 5.74) is 0.176. The summed E-state index contributed by atoms with van der Waals surface area (Å²) >= 11 is 0. The average Bonchev–Trinajstić information content (AvgIpc) is 2.43. The van der Waals surface area contributed by atoms with Gasteiger partial charge in [-0.2, -0.15) is 0 Å². The highest BCUT2D eigenvalue weighted by molar-refractivity contribution is 5.90. The van der Waals surface area contributed by atoms with Crippen LogP contribution >= 0.6 is 0 Å². The van der Waals surface area contributed by atoms with Crippen molar-refractivity contribution in [2.24, 2.45) is 5.92 Å². The number of carboxylic acids is 1. The molecule has 1 saturated heterocycles. The predicted molar refractivity (Wildman–Crippen MR) is 74.1 cm³/mol. The van der Waals surface area contributed by atoms with Crippen LogP contribution in [0.4, 0.5) is 0 Å². The van der Waals surface area contributed by atoms with Gasteiger partial charge in [0.05, 0.1) is 0 Å². The minimum atomic E-state index is -0.988. The molecular weight excluding hydrogens is 258 g/mol. The Morgan fingerprint density at radius 2 is 2.20 bits per heavy atom. The summed E-state index contributed by atoms with van der Waals surface area (Å²) in [6.07, 6.45) is 0.590. The lowest BCUT2D eigenvalue weighted by Gasteiger charge is -2.29. The molecule has 1 aliphatic rings. The second-order valence-electron chi connectivity index (χ2n) is 5.07. The van der Waals surface area contributed by atoms with Crippen LogP contribution in [-0.4, -0.2) is 48.0 Å². The van der Waals surface area contributed by atoms with Gasteiger partial charge >= 0.3 is 5.97 Å². The van der Waals surface area contributed by atoms with Crippen LogP contribution in [0.1, 0.15) is 23.7 Å². The monoisotopic (exact) mass is 277 g/mol. The second kappa shape index (κ2) is 6.52. The van der Waals surface area contributed by atoms with Gasteiger partial charge < -0.3 is 9.84 Å². The number of benzene rings is 1. The van der Waals surface area contributed by atoms with Gasteiger partial charge in [-0.15, -0.1) is 0 Å². The number of aromatic carboxylic acids is 1. The van der Waals surface area contributed by atoms with Crippen LogP contribution in [0.25, 0.3) is 0 Å². The quantitative estimate of drug-likeness (QED) is 0.887. The van der Waals surface area contributed by atoms with E-state index in [0.717, 1.165) is 13.1 Å². The summed E-state index contributed by atoms with van der Waals surface area (Å²) in [5.74, 6) is -0.202. The standard InChI is InChI=1S/C15H19NO4/c1-11-10-16(7-6-13(11)17)8-9-20-14-5-3-2-4-12(14)15(18)19/h2-5,11H,6-10H2,1H3,(H,18,19). The van der Waals surface area contributed by atoms with Crippen LogP contribution in [0.3, 0.4) is 0 Å². The first-order chi connectivity index (χ1) is 9.58. The van der Waals surface area contributed by atoms with Crippen LogP contribution in [0.15, 0.2) is 24.3 Å². The van der Waals surface area contributed by atoms with E-state index in [1.807, 2.05) is 6.92 Å². The van der Waals surface area contributed by atoms with Crippen molar-refractivity contribution >= 4 is 11.8 Å². The lowest BCUT2D eigenvalue weighted by atomic mass is 9.99. The number of nitrogens with zero attached hydrogens (tertiary/aromatic N) is 1. The molecule has 0 radical (unpaired) electrons. The maximum atomic E-state index is 11.4. The van der Waals surface area contributed by atoms with Crippen molar-refractivity contribution in [1.82, 2.24) is 4.90 Å². The Balaban J connectivity index is 1.84. The van der Waals surface area contributed by atoms with Crippen LogP contribution < -0.4 is 4.74 Å². The number of hydrogen-bond acceptors (Lipinski definition) is 4. The summed E-state index contributed by atoms with van der Waals surface area (Å²) in [7, 11) is 0. The highest BCUT2D eigenvalue weighted by Gasteiger charge is 2.23. The van der Waals surface area contributed by atoms with Gasteiger partial charge in [0.1, 0.15) is 23.7 Å². The summed E-state index contributed by atoms with van der Waals surface area (Å²) in [6, 6.07) is 6.61. The maximum Gasteiger partial charge on any atom is 0.339 e. The number of carboxylic acid groups (broad SMARTS) is 1. The van der Waals surface area contributed by atoms with Gasteiger partial charge in [-0.3, -0.25) is 9.69 Å². The summed E-state index contributed by atoms with van der Waals surface area (Å²) in [4.78, 5) is 24.6. The van der Waals surface area contributed by atoms with E-state index in [-0.39, 0.29) is 11.5 Å². The Bertz CT molecular complexity index is 500. The zero-order chi connectivity index (χ0) is 14.5. The molecule has 1 aromatic rings. The third-order valence-electron chi connectivity index (χ3n) is 3.54. The third kappa shape index (κ3) is 3.57. The first kappa shape index (κ1) is 14.5. The SMILES string of the molecule is CC1CN(CCOc2ccccc2C(=O)O)CCC1=O. The Labute approximate surface area is 118 Å². The molecule has 1 N–H and O–H groups in total. The molecule has 108 valence electrons. The van der Waals surface area contributed by atoms with Crippen molar-refractivity contribution < 1.29 is 19.4 Å². The predicted octanol–water partition coefficient (Wildman–Crippen LogP) is 1.67. The second-order valence-corrected chi connectivity index (χ2v) is 5.07. The fourth-order valence-corrected chi connectivity index (χ4v) is 2.35. The van der Waals surface area contributed by atoms with Gasteiger partial charge in [-0.05, 0) is 12.1 Å². The fourth-order valence-electron chi connectivity index (χ4n) is 2.35. The molecule has 1 unspecified atom stereocenters. The number of ether oxygens (including phenoxy) is 1. The van der Waals surface area contributed by atoms with Crippen molar-refractivity contribution in [2.75, 3.05) is 26.2 Å². The maximum absolute atomic E-state index is 11.4. The molecule has 5 heteroatoms. The van der Waals surface area contributed by atoms with E-state index in [4.69, 9.17) is 9.84 Å². The number of carbonyl (C=O) groups is 2. The van der Waals surface area contributed by atoms with Crippen LogP contribution in [0, 0.1) is 5.92 Å². The molecule has 2 rings (SSSR count). The van der Waals surface area contributed by atoms with E-state index in [0.29, 0.717) is 31.1 Å². The van der Waals surface area contributed by atoms with E-state index in [2.05, 4.69) is 4.90 Å². The molecule has 0 bridgehead atoms. The topological polar surface area (TPSA) is 66.8 Å². The number of rotatable bonds is 5. The zero-order valence-electron chi connectivity index (χ0n) is 11.5. The molecule has 1 fully saturated rings. The lowest BCUT2D eigenvalue weighted by Crippen LogP contribution is -2.41. The molecule has 1 aliphatic heterocycles. The normalized spacial score (nSPS) is 19.9. The number of hydrogen-bond donors (Lipinski definition) is 1. The number of ketones is 1. The molecule has 0 aliphatic carbocycles. The Morgan fingerprint density at radius 1 is 1.45 bits per heavy atom. The molecule has 1 heterocycles. The van der Waals surface area contributed by atoms with Crippen LogP contribution in [-0.2, 0) is 4.79 Å². The van der Waals surface area contributed by atoms with Crippen molar-refractivity contribution in [3.63, 3.8) is 0 Å². The molecule has 0 aromatic heterocycles. The van der Waals surface area contributed by atoms with Crippen LogP contribution in [0.2, 0.25) is 0 Å². The van der Waals surface area contributed by atoms with Crippen molar-refractivity contribution in [1.29, 1.82) is 0 Å². The summed E-state index contributed by atoms with van der Waals surface area (Å²) in [6.45, 7) is 4.57. The largest absolute Gasteiger partial charge is 0.491 e. The number of para-hydroxylation sites is 1. The lowest BCUT2D eigenvalue weighted by molar-refractivity contribution is -0.125. The average molecular weight is 277 g/mol. The molecule has 0 spiro atoms. The van der Waals surface area contributed by atoms with E-state index < -0.39 is 5.97 Å². The van der Waals surface area contributed by atoms with Gasteiger partial charge in [-0.1, -0.05) is 19.1 Å². The van der Waals surface area contributed by atoms with E-state index in [1.54, 1.807) is 18.2 Å². The number of likely N-dealkylation sites (tertiary alicyclic amines) is 1. The van der Waals surface area contributed by atoms with Gasteiger partial charge in [-0.25, -0.2) is 4.79 Å².